The van der Waals surface area contributed by atoms with Crippen LogP contribution in [0.2, 0.25) is 0 Å². The summed E-state index contributed by atoms with van der Waals surface area (Å²) in [7, 11) is 0. The Bertz CT molecular complexity index is 4330. The second-order valence-corrected chi connectivity index (χ2v) is 24.0. The van der Waals surface area contributed by atoms with Crippen molar-refractivity contribution in [2.45, 2.75) is 112 Å². The number of aromatic nitrogens is 4. The van der Waals surface area contributed by atoms with E-state index in [1.807, 2.05) is 45.7 Å². The second kappa shape index (κ2) is 16.8. The molecule has 10 aromatic rings. The molecule has 0 N–H and O–H groups in total. The molecule has 11 rings (SSSR count). The number of fused-ring (bicyclic) bond motifs is 5. The quantitative estimate of drug-likeness (QED) is 0.149. The normalized spacial score (nSPS) is 17.1. The van der Waals surface area contributed by atoms with E-state index in [0.29, 0.717) is 32.0 Å². The van der Waals surface area contributed by atoms with Crippen molar-refractivity contribution in [2.24, 2.45) is 5.41 Å². The molecule has 3 aromatic heterocycles. The molecule has 0 unspecified atom stereocenters. The van der Waals surface area contributed by atoms with Crippen LogP contribution in [-0.4, -0.2) is 18.7 Å². The van der Waals surface area contributed by atoms with Gasteiger partial charge in [-0.2, -0.15) is 0 Å². The Kier molecular flexibility index (Phi) is 8.66. The van der Waals surface area contributed by atoms with E-state index < -0.39 is 65.8 Å². The molecule has 6 heteroatoms. The molecular weight excluding hydrogens is 1060 g/mol. The zero-order chi connectivity index (χ0) is 59.6. The fourth-order valence-electron chi connectivity index (χ4n) is 10.7. The van der Waals surface area contributed by atoms with Gasteiger partial charge in [0, 0.05) is 6.20 Å². The molecule has 3 heterocycles. The molecule has 0 saturated carbocycles. The molecule has 5 nitrogen and oxygen atoms in total. The van der Waals surface area contributed by atoms with Crippen LogP contribution in [-0.2, 0) is 41.0 Å². The van der Waals surface area contributed by atoms with Crippen LogP contribution in [0, 0.1) is 28.3 Å². The van der Waals surface area contributed by atoms with Gasteiger partial charge in [0.1, 0.15) is 0 Å². The molecule has 1 aliphatic rings. The SMILES string of the molecule is [2H]c1c([2H])c([2H])c(-c2cccc(-c3c([2H])c([2H])c([2H])c([2H])c3[2H])c2-n2[c](=[Pt])n(-c3[c-]c(Oc4[c-]c5c(cc4)c4cc6c(cc4n5-c4cc(C)ccn4)C(C)(C)C(C)(C)C6(C)C)cc(C(C)(C)C)c3)c3cc(C(C)(C)C)ccc32)c([2H])c1[2H]. The topological polar surface area (TPSA) is 36.9 Å². The number of hydrogen-bond acceptors (Lipinski definition) is 2. The van der Waals surface area contributed by atoms with Crippen molar-refractivity contribution in [1.29, 1.82) is 0 Å². The van der Waals surface area contributed by atoms with Gasteiger partial charge in [0.15, 0.2) is 0 Å². The fourth-order valence-corrected chi connectivity index (χ4v) is 11.8. The van der Waals surface area contributed by atoms with Crippen LogP contribution in [0.25, 0.3) is 72.3 Å². The number of aryl methyl sites for hydroxylation is 1. The van der Waals surface area contributed by atoms with E-state index >= 15 is 0 Å². The van der Waals surface area contributed by atoms with Gasteiger partial charge in [-0.05, 0) is 45.9 Å². The van der Waals surface area contributed by atoms with Crippen LogP contribution in [0.4, 0.5) is 0 Å². The van der Waals surface area contributed by atoms with Crippen LogP contribution in [0.15, 0.2) is 152 Å². The van der Waals surface area contributed by atoms with Crippen LogP contribution in [0.3, 0.4) is 0 Å². The van der Waals surface area contributed by atoms with Gasteiger partial charge < -0.3 is 0 Å². The second-order valence-electron chi connectivity index (χ2n) is 22.9. The van der Waals surface area contributed by atoms with Crippen molar-refractivity contribution in [2.75, 3.05) is 0 Å². The summed E-state index contributed by atoms with van der Waals surface area (Å²) < 4.78 is 103. The number of pyridine rings is 1. The van der Waals surface area contributed by atoms with E-state index in [-0.39, 0.29) is 49.6 Å². The summed E-state index contributed by atoms with van der Waals surface area (Å²) in [5.41, 5.74) is 8.73. The van der Waals surface area contributed by atoms with Crippen LogP contribution in [0.1, 0.15) is 125 Å². The third-order valence-electron chi connectivity index (χ3n) is 16.0. The molecule has 0 radical (unpaired) electrons. The molecule has 366 valence electrons. The van der Waals surface area contributed by atoms with Crippen molar-refractivity contribution in [3.05, 3.63) is 195 Å². The maximum absolute atomic E-state index is 9.27. The van der Waals surface area contributed by atoms with E-state index in [2.05, 4.69) is 162 Å². The molecule has 0 atom stereocenters. The first-order valence-electron chi connectivity index (χ1n) is 29.5. The Hall–Kier alpha value is -6.55. The zero-order valence-corrected chi connectivity index (χ0v) is 45.4. The van der Waals surface area contributed by atoms with E-state index in [4.69, 9.17) is 17.9 Å². The number of imidazole rings is 1. The molecule has 0 spiro atoms. The van der Waals surface area contributed by atoms with Gasteiger partial charge in [-0.15, -0.1) is 0 Å². The van der Waals surface area contributed by atoms with E-state index in [0.717, 1.165) is 44.3 Å². The third kappa shape index (κ3) is 7.52. The number of para-hydroxylation sites is 1. The van der Waals surface area contributed by atoms with Crippen molar-refractivity contribution < 1.29 is 37.8 Å². The van der Waals surface area contributed by atoms with E-state index in [1.165, 1.54) is 11.1 Å². The minimum absolute atomic E-state index is 0.0383. The van der Waals surface area contributed by atoms with Gasteiger partial charge >= 0.3 is 359 Å². The van der Waals surface area contributed by atoms with Crippen molar-refractivity contribution in [3.8, 4) is 50.9 Å². The summed E-state index contributed by atoms with van der Waals surface area (Å²) in [5.74, 6) is 1.64. The summed E-state index contributed by atoms with van der Waals surface area (Å²) in [5, 5.41) is 2.12. The van der Waals surface area contributed by atoms with Crippen molar-refractivity contribution in [3.63, 3.8) is 0 Å². The first-order chi connectivity index (χ1) is 38.2. The third-order valence-corrected chi connectivity index (χ3v) is 17.0. The molecule has 0 fully saturated rings. The summed E-state index contributed by atoms with van der Waals surface area (Å²) in [4.78, 5) is 4.93. The standard InChI is InChI=1S/C66H64N4O.Pt/c1-42-31-32-67-60(33-42)70-57-38-48(28-29-52(57)53-39-54-55(40-58(53)70)65(10,11)66(12,13)64(54,8)9)71-49-35-46(63(5,6)7)34-47(37-49)68-41-69(56-30-27-45(36-59(56)68)62(2,3)4)61-50(43-21-16-14-17-22-43)25-20-26-51(61)44-23-18-15-19-24-44;/h14-36,39-40H,1-13H3;/q-2;/i14D,15D,16D,17D,18D,19D,21D,22D,23D,24D;. The number of nitrogens with zero attached hydrogens (tertiary/aromatic N) is 4. The number of ether oxygens (including phenoxy) is 1. The van der Waals surface area contributed by atoms with Gasteiger partial charge in [0.2, 0.25) is 0 Å². The Morgan fingerprint density at radius 1 is 0.583 bits per heavy atom. The van der Waals surface area contributed by atoms with Gasteiger partial charge in [-0.25, -0.2) is 0 Å². The van der Waals surface area contributed by atoms with Gasteiger partial charge in [0.05, 0.1) is 0 Å². The monoisotopic (exact) mass is 1130 g/mol. The first kappa shape index (κ1) is 37.2. The Morgan fingerprint density at radius 3 is 1.82 bits per heavy atom. The molecule has 7 aromatic carbocycles. The predicted octanol–water partition coefficient (Wildman–Crippen LogP) is 17.2. The maximum atomic E-state index is 9.27. The summed E-state index contributed by atoms with van der Waals surface area (Å²) in [6.45, 7) is 29.0. The average molecular weight is 1130 g/mol. The fraction of sp³-hybridized carbons (Fsp3) is 0.273. The molecule has 0 bridgehead atoms. The Labute approximate surface area is 450 Å². The van der Waals surface area contributed by atoms with Crippen molar-refractivity contribution in [1.82, 2.24) is 18.7 Å². The number of hydrogen-bond donors (Lipinski definition) is 0. The molecule has 0 saturated heterocycles. The van der Waals surface area contributed by atoms with Gasteiger partial charge in [0.25, 0.3) is 0 Å². The van der Waals surface area contributed by atoms with Crippen molar-refractivity contribution >= 4 is 32.8 Å². The van der Waals surface area contributed by atoms with Gasteiger partial charge in [-0.3, -0.25) is 0 Å². The summed E-state index contributed by atoms with van der Waals surface area (Å²) in [6, 6.07) is 30.2. The number of rotatable bonds is 7. The summed E-state index contributed by atoms with van der Waals surface area (Å²) >= 11 is 2.22. The average Bonchev–Trinajstić information content (AvgIpc) is 1.66. The zero-order valence-electron chi connectivity index (χ0n) is 53.2. The molecule has 0 aliphatic heterocycles. The first-order valence-corrected chi connectivity index (χ1v) is 25.6. The van der Waals surface area contributed by atoms with Crippen LogP contribution < -0.4 is 4.74 Å². The predicted molar refractivity (Wildman–Crippen MR) is 295 cm³/mol. The van der Waals surface area contributed by atoms with Crippen LogP contribution in [0.5, 0.6) is 11.5 Å². The van der Waals surface area contributed by atoms with E-state index in [1.54, 1.807) is 18.2 Å². The Morgan fingerprint density at radius 2 is 1.21 bits per heavy atom. The van der Waals surface area contributed by atoms with E-state index in [9.17, 15) is 5.48 Å². The molecule has 0 amide bonds. The molecule has 1 aliphatic carbocycles. The summed E-state index contributed by atoms with van der Waals surface area (Å²) in [6.07, 6.45) is 1.84. The minimum atomic E-state index is -0.563. The number of benzene rings is 7. The Balaban J connectivity index is 1.18. The molecular formula is C66H64N4OPt-2. The van der Waals surface area contributed by atoms with Crippen LogP contribution >= 0.6 is 0 Å². The van der Waals surface area contributed by atoms with Gasteiger partial charge in [-0.1, -0.05) is 41.5 Å². The molecule has 72 heavy (non-hydrogen) atoms.